The van der Waals surface area contributed by atoms with Gasteiger partial charge in [-0.1, -0.05) is 43.2 Å². The predicted molar refractivity (Wildman–Crippen MR) is 310 cm³/mol. The van der Waals surface area contributed by atoms with Crippen LogP contribution in [0.1, 0.15) is 115 Å². The van der Waals surface area contributed by atoms with Gasteiger partial charge in [-0.3, -0.25) is 24.6 Å². The van der Waals surface area contributed by atoms with Crippen LogP contribution in [0.3, 0.4) is 0 Å². The monoisotopic (exact) mass is 1120 g/mol. The van der Waals surface area contributed by atoms with Gasteiger partial charge in [-0.2, -0.15) is 5.10 Å². The highest BCUT2D eigenvalue weighted by Gasteiger charge is 2.34. The number of benzene rings is 4. The highest BCUT2D eigenvalue weighted by Crippen LogP contribution is 2.36. The first kappa shape index (κ1) is 60.5. The molecule has 0 atom stereocenters. The summed E-state index contributed by atoms with van der Waals surface area (Å²) < 4.78 is 46.3. The molecule has 428 valence electrons. The van der Waals surface area contributed by atoms with Gasteiger partial charge in [0.2, 0.25) is 11.0 Å². The highest BCUT2D eigenvalue weighted by molar-refractivity contribution is 7.22. The number of allylic oxidation sites excluding steroid dienone is 1. The summed E-state index contributed by atoms with van der Waals surface area (Å²) in [7, 11) is 0. The van der Waals surface area contributed by atoms with Crippen LogP contribution in [0.4, 0.5) is 5.13 Å². The average Bonchev–Trinajstić information content (AvgIpc) is 3.96. The van der Waals surface area contributed by atoms with Crippen molar-refractivity contribution in [2.24, 2.45) is 28.8 Å². The molecule has 2 aliphatic carbocycles. The molecule has 4 aromatic carbocycles. The zero-order valence-electron chi connectivity index (χ0n) is 46.0. The summed E-state index contributed by atoms with van der Waals surface area (Å²) in [5.41, 5.74) is 1.75. The van der Waals surface area contributed by atoms with E-state index in [0.29, 0.717) is 117 Å². The number of hydrogen-bond donors (Lipinski definition) is 1. The molecule has 18 heteroatoms. The molecule has 0 bridgehead atoms. The Bertz CT molecular complexity index is 2940. The topological polar surface area (TPSA) is 212 Å². The second-order valence-corrected chi connectivity index (χ2v) is 21.0. The molecular formula is C63H72N4O13S. The number of hydrazone groups is 1. The lowest BCUT2D eigenvalue weighted by Crippen LogP contribution is -2.30. The van der Waals surface area contributed by atoms with Crippen LogP contribution in [0, 0.1) is 29.1 Å². The third-order valence-corrected chi connectivity index (χ3v) is 14.9. The molecule has 7 rings (SSSR count). The number of esters is 5. The van der Waals surface area contributed by atoms with Crippen molar-refractivity contribution < 1.29 is 61.9 Å². The van der Waals surface area contributed by atoms with Gasteiger partial charge in [0.25, 0.3) is 0 Å². The van der Waals surface area contributed by atoms with E-state index < -0.39 is 29.7 Å². The SMILES string of the molecule is C=CC(=N)OCCCCCCOc1ccc(OC(=O)[C@H]2CC[C@H](C(=O)Oc3ccc(OC(=O)[C@H]4CC[C@H](C(=O)Oc5ccc(OCCCCCCOC(=O)C=C)cc5)CC4)cc3/C=N/N(C(=C)C)c3nc4ccccc4s3)CC2)cc1. The number of thiazole rings is 1. The lowest BCUT2D eigenvalue weighted by Gasteiger charge is -2.26. The van der Waals surface area contributed by atoms with E-state index in [1.54, 1.807) is 78.7 Å². The maximum atomic E-state index is 13.9. The van der Waals surface area contributed by atoms with Crippen LogP contribution >= 0.6 is 11.3 Å². The quantitative estimate of drug-likeness (QED) is 0.00862. The minimum Gasteiger partial charge on any atom is -0.494 e. The maximum absolute atomic E-state index is 13.9. The maximum Gasteiger partial charge on any atom is 0.330 e. The van der Waals surface area contributed by atoms with E-state index >= 15 is 0 Å². The van der Waals surface area contributed by atoms with Gasteiger partial charge >= 0.3 is 29.8 Å². The summed E-state index contributed by atoms with van der Waals surface area (Å²) in [5.74, 6) is -1.06. The van der Waals surface area contributed by atoms with Crippen LogP contribution in [0.2, 0.25) is 0 Å². The summed E-state index contributed by atoms with van der Waals surface area (Å²) in [6, 6.07) is 26.3. The van der Waals surface area contributed by atoms with E-state index in [-0.39, 0.29) is 41.2 Å². The van der Waals surface area contributed by atoms with E-state index in [9.17, 15) is 24.0 Å². The van der Waals surface area contributed by atoms with Gasteiger partial charge in [0, 0.05) is 17.3 Å². The van der Waals surface area contributed by atoms with Crippen molar-refractivity contribution in [2.45, 2.75) is 110 Å². The summed E-state index contributed by atoms with van der Waals surface area (Å²) >= 11 is 1.44. The summed E-state index contributed by atoms with van der Waals surface area (Å²) in [6.07, 6.45) is 14.7. The number of aromatic nitrogens is 1. The summed E-state index contributed by atoms with van der Waals surface area (Å²) in [4.78, 5) is 69.9. The molecule has 0 saturated heterocycles. The van der Waals surface area contributed by atoms with Crippen molar-refractivity contribution >= 4 is 68.6 Å². The standard InChI is InChI=1S/C63H72N4O13S/c1-5-57(64)75-39-15-9-7-13-37-73-49-27-33-52(34-28-49)78-60(70)45-23-25-47(26-24-45)62(72)80-55-36-35-53(41-48(55)42-65-67(43(3)4)63-66-54-17-11-12-18-56(54)81-63)79-61(71)46-21-19-44(20-22-46)59(69)77-51-31-29-50(30-32-51)74-38-14-8-10-16-40-76-58(68)6-2/h5-6,11-12,17-18,27-36,41-42,44-47,64H,1-3,7-10,13-16,19-26,37-40H2,4H3/b64-57?,65-42+/t44-,45-,46-,47-. The summed E-state index contributed by atoms with van der Waals surface area (Å²) in [5, 5.41) is 14.4. The van der Waals surface area contributed by atoms with Crippen LogP contribution in [-0.2, 0) is 33.4 Å². The molecule has 1 N–H and O–H groups in total. The normalized spacial score (nSPS) is 16.8. The molecule has 2 fully saturated rings. The van der Waals surface area contributed by atoms with Gasteiger partial charge in [-0.05, 0) is 195 Å². The number of carbonyl (C=O) groups excluding carboxylic acids is 5. The van der Waals surface area contributed by atoms with Crippen LogP contribution in [0.15, 0.2) is 134 Å². The fourth-order valence-corrected chi connectivity index (χ4v) is 10.3. The molecule has 0 amide bonds. The largest absolute Gasteiger partial charge is 0.494 e. The minimum absolute atomic E-state index is 0.0841. The molecule has 1 aromatic heterocycles. The molecular weight excluding hydrogens is 1050 g/mol. The van der Waals surface area contributed by atoms with E-state index in [1.165, 1.54) is 23.6 Å². The fraction of sp³-hybridized carbons (Fsp3) is 0.397. The number of nitrogens with one attached hydrogen (secondary N) is 1. The van der Waals surface area contributed by atoms with Crippen LogP contribution < -0.4 is 33.4 Å². The number of nitrogens with zero attached hydrogens (tertiary/aromatic N) is 3. The van der Waals surface area contributed by atoms with E-state index in [1.807, 2.05) is 24.3 Å². The predicted octanol–water partition coefficient (Wildman–Crippen LogP) is 13.1. The van der Waals surface area contributed by atoms with Crippen molar-refractivity contribution in [3.8, 4) is 34.5 Å². The zero-order valence-corrected chi connectivity index (χ0v) is 46.8. The Morgan fingerprint density at radius 3 is 1.51 bits per heavy atom. The second kappa shape index (κ2) is 31.6. The summed E-state index contributed by atoms with van der Waals surface area (Å²) in [6.45, 7) is 14.8. The molecule has 17 nitrogen and oxygen atoms in total. The number of para-hydroxylation sites is 1. The third-order valence-electron chi connectivity index (χ3n) is 13.9. The van der Waals surface area contributed by atoms with Crippen molar-refractivity contribution in [1.29, 1.82) is 5.41 Å². The molecule has 5 aromatic rings. The van der Waals surface area contributed by atoms with Gasteiger partial charge in [-0.15, -0.1) is 0 Å². The van der Waals surface area contributed by atoms with Gasteiger partial charge < -0.3 is 37.9 Å². The Balaban J connectivity index is 0.890. The number of unbranched alkanes of at least 4 members (excludes halogenated alkanes) is 6. The molecule has 81 heavy (non-hydrogen) atoms. The van der Waals surface area contributed by atoms with Crippen LogP contribution in [0.25, 0.3) is 10.2 Å². The molecule has 0 aliphatic heterocycles. The van der Waals surface area contributed by atoms with Crippen LogP contribution in [0.5, 0.6) is 34.5 Å². The molecule has 2 aliphatic rings. The van der Waals surface area contributed by atoms with Gasteiger partial charge in [0.05, 0.1) is 66.5 Å². The zero-order chi connectivity index (χ0) is 57.3. The van der Waals surface area contributed by atoms with Crippen molar-refractivity contribution in [2.75, 3.05) is 31.4 Å². The number of rotatable bonds is 30. The lowest BCUT2D eigenvalue weighted by molar-refractivity contribution is -0.145. The molecule has 0 spiro atoms. The number of carbonyl (C=O) groups is 5. The van der Waals surface area contributed by atoms with E-state index in [2.05, 4.69) is 19.7 Å². The number of ether oxygens (including phenoxy) is 8. The molecule has 2 saturated carbocycles. The van der Waals surface area contributed by atoms with Gasteiger partial charge in [-0.25, -0.2) is 14.8 Å². The Kier molecular flexibility index (Phi) is 23.6. The Morgan fingerprint density at radius 2 is 1.02 bits per heavy atom. The fourth-order valence-electron chi connectivity index (χ4n) is 9.26. The van der Waals surface area contributed by atoms with Gasteiger partial charge in [0.15, 0.2) is 0 Å². The van der Waals surface area contributed by atoms with Crippen molar-refractivity contribution in [3.05, 3.63) is 134 Å². The Hall–Kier alpha value is -8.12. The Morgan fingerprint density at radius 1 is 0.580 bits per heavy atom. The van der Waals surface area contributed by atoms with Crippen LogP contribution in [-0.4, -0.2) is 73.4 Å². The number of fused-ring (bicyclic) bond motifs is 1. The van der Waals surface area contributed by atoms with Crippen molar-refractivity contribution in [3.63, 3.8) is 0 Å². The molecule has 1 heterocycles. The first-order chi connectivity index (χ1) is 39.3. The van der Waals surface area contributed by atoms with Crippen molar-refractivity contribution in [1.82, 2.24) is 4.98 Å². The molecule has 0 radical (unpaired) electrons. The van der Waals surface area contributed by atoms with Gasteiger partial charge in [0.1, 0.15) is 34.5 Å². The number of hydrogen-bond acceptors (Lipinski definition) is 18. The Labute approximate surface area is 477 Å². The first-order valence-corrected chi connectivity index (χ1v) is 28.6. The van der Waals surface area contributed by atoms with E-state index in [4.69, 9.17) is 53.4 Å². The minimum atomic E-state index is -0.475. The van der Waals surface area contributed by atoms with E-state index in [0.717, 1.165) is 67.7 Å². The lowest BCUT2D eigenvalue weighted by atomic mass is 9.82. The third kappa shape index (κ3) is 19.3. The highest BCUT2D eigenvalue weighted by atomic mass is 32.1. The smallest absolute Gasteiger partial charge is 0.330 e. The first-order valence-electron chi connectivity index (χ1n) is 27.8. The second-order valence-electron chi connectivity index (χ2n) is 20.0. The number of anilines is 1. The molecule has 0 unspecified atom stereocenters. The average molecular weight is 1130 g/mol.